The monoisotopic (exact) mass is 640 g/mol. The number of hydrogen-bond acceptors (Lipinski definition) is 6. The second-order valence-electron chi connectivity index (χ2n) is 7.57. The molecule has 3 rings (SSSR count). The van der Waals surface area contributed by atoms with E-state index >= 15 is 0 Å². The van der Waals surface area contributed by atoms with Crippen molar-refractivity contribution in [3.63, 3.8) is 0 Å². The lowest BCUT2D eigenvalue weighted by Gasteiger charge is -2.25. The predicted octanol–water partition coefficient (Wildman–Crippen LogP) is 3.10. The number of fused-ring (bicyclic) bond motifs is 2. The number of halogens is 2. The molecule has 0 aromatic heterocycles. The maximum Gasteiger partial charge on any atom is 0.309 e. The Morgan fingerprint density at radius 1 is 1.15 bits per heavy atom. The third kappa shape index (κ3) is 4.03. The molecular formula is C16H18I2O7S2. The minimum Gasteiger partial charge on any atom is -0.382 e. The van der Waals surface area contributed by atoms with Gasteiger partial charge in [-0.15, -0.1) is 0 Å². The van der Waals surface area contributed by atoms with Crippen LogP contribution in [0.25, 0.3) is 0 Å². The maximum absolute atomic E-state index is 12.6. The summed E-state index contributed by atoms with van der Waals surface area (Å²) in [7, 11) is -8.48. The maximum atomic E-state index is 12.6. The molecule has 0 spiro atoms. The molecule has 2 aliphatic carbocycles. The van der Waals surface area contributed by atoms with E-state index in [0.29, 0.717) is 0 Å². The van der Waals surface area contributed by atoms with E-state index in [1.54, 1.807) is 45.2 Å². The Labute approximate surface area is 185 Å². The first-order valence-electron chi connectivity index (χ1n) is 8.16. The van der Waals surface area contributed by atoms with E-state index in [0.717, 1.165) is 12.8 Å². The van der Waals surface area contributed by atoms with Gasteiger partial charge in [-0.1, -0.05) is 13.8 Å². The van der Waals surface area contributed by atoms with Gasteiger partial charge in [-0.3, -0.25) is 9.35 Å². The van der Waals surface area contributed by atoms with Crippen molar-refractivity contribution in [1.82, 2.24) is 0 Å². The van der Waals surface area contributed by atoms with Gasteiger partial charge in [-0.25, -0.2) is 0 Å². The number of benzene rings is 1. The summed E-state index contributed by atoms with van der Waals surface area (Å²) < 4.78 is 62.6. The Hall–Kier alpha value is 0.01000. The second kappa shape index (κ2) is 7.06. The molecule has 0 radical (unpaired) electrons. The Morgan fingerprint density at radius 2 is 1.70 bits per heavy atom. The SMILES string of the molecule is CC1(C)C2CCC1C(CS(=O)(=O)Oc1cc(I)c(S(=O)(=O)O)c(I)c1)C2=O. The Balaban J connectivity index is 1.83. The molecule has 11 heteroatoms. The summed E-state index contributed by atoms with van der Waals surface area (Å²) in [6, 6.07) is 2.46. The number of hydrogen-bond donors (Lipinski definition) is 1. The van der Waals surface area contributed by atoms with Gasteiger partial charge in [0.05, 0.1) is 5.75 Å². The largest absolute Gasteiger partial charge is 0.382 e. The van der Waals surface area contributed by atoms with Crippen molar-refractivity contribution in [1.29, 1.82) is 0 Å². The van der Waals surface area contributed by atoms with E-state index in [2.05, 4.69) is 0 Å². The van der Waals surface area contributed by atoms with Crippen LogP contribution in [0.4, 0.5) is 0 Å². The van der Waals surface area contributed by atoms with Crippen LogP contribution in [-0.4, -0.2) is 32.9 Å². The smallest absolute Gasteiger partial charge is 0.309 e. The highest BCUT2D eigenvalue weighted by Gasteiger charge is 2.59. The van der Waals surface area contributed by atoms with Crippen molar-refractivity contribution in [2.75, 3.05) is 5.75 Å². The number of ketones is 1. The molecule has 27 heavy (non-hydrogen) atoms. The topological polar surface area (TPSA) is 115 Å². The molecular weight excluding hydrogens is 622 g/mol. The molecule has 3 unspecified atom stereocenters. The van der Waals surface area contributed by atoms with Crippen LogP contribution < -0.4 is 4.18 Å². The molecule has 2 fully saturated rings. The number of carbonyl (C=O) groups is 1. The summed E-state index contributed by atoms with van der Waals surface area (Å²) in [5.41, 5.74) is -0.195. The predicted molar refractivity (Wildman–Crippen MR) is 115 cm³/mol. The van der Waals surface area contributed by atoms with E-state index in [-0.39, 0.29) is 46.6 Å². The van der Waals surface area contributed by atoms with Crippen LogP contribution >= 0.6 is 45.2 Å². The fraction of sp³-hybridized carbons (Fsp3) is 0.562. The summed E-state index contributed by atoms with van der Waals surface area (Å²) >= 11 is 3.38. The van der Waals surface area contributed by atoms with Crippen LogP contribution in [0.15, 0.2) is 17.0 Å². The standard InChI is InChI=1S/C16H18I2O7S2/c1-16(2)10-3-4-11(16)14(19)9(10)7-26(20,21)25-8-5-12(17)15(13(18)6-8)27(22,23)24/h5-6,9-11H,3-4,7H2,1-2H3,(H,22,23,24). The molecule has 1 aromatic carbocycles. The highest BCUT2D eigenvalue weighted by molar-refractivity contribution is 14.1. The van der Waals surface area contributed by atoms with E-state index in [4.69, 9.17) is 4.18 Å². The lowest BCUT2D eigenvalue weighted by molar-refractivity contribution is -0.125. The molecule has 0 aliphatic heterocycles. The Kier molecular flexibility index (Phi) is 5.68. The van der Waals surface area contributed by atoms with Gasteiger partial charge in [0.2, 0.25) is 0 Å². The molecule has 2 saturated carbocycles. The molecule has 3 atom stereocenters. The van der Waals surface area contributed by atoms with Gasteiger partial charge in [0.15, 0.2) is 0 Å². The van der Waals surface area contributed by atoms with Crippen molar-refractivity contribution in [3.8, 4) is 5.75 Å². The first kappa shape index (κ1) is 21.7. The minimum absolute atomic E-state index is 0.00527. The first-order valence-corrected chi connectivity index (χ1v) is 13.3. The van der Waals surface area contributed by atoms with Crippen LogP contribution in [0.2, 0.25) is 0 Å². The van der Waals surface area contributed by atoms with E-state index in [9.17, 15) is 26.2 Å². The zero-order valence-electron chi connectivity index (χ0n) is 14.5. The molecule has 0 heterocycles. The van der Waals surface area contributed by atoms with E-state index in [1.165, 1.54) is 12.1 Å². The van der Waals surface area contributed by atoms with Crippen LogP contribution in [0.5, 0.6) is 5.75 Å². The van der Waals surface area contributed by atoms with Crippen molar-refractivity contribution >= 4 is 71.2 Å². The minimum atomic E-state index is -4.43. The van der Waals surface area contributed by atoms with Crippen molar-refractivity contribution < 1.29 is 30.4 Å². The van der Waals surface area contributed by atoms with E-state index < -0.39 is 26.2 Å². The Morgan fingerprint density at radius 3 is 2.15 bits per heavy atom. The highest BCUT2D eigenvalue weighted by atomic mass is 127. The summed E-state index contributed by atoms with van der Waals surface area (Å²) in [6.07, 6.45) is 1.64. The fourth-order valence-corrected chi connectivity index (χ4v) is 9.75. The lowest BCUT2D eigenvalue weighted by Crippen LogP contribution is -2.31. The zero-order valence-corrected chi connectivity index (χ0v) is 20.4. The van der Waals surface area contributed by atoms with Crippen LogP contribution in [-0.2, 0) is 25.0 Å². The van der Waals surface area contributed by atoms with Gasteiger partial charge >= 0.3 is 10.1 Å². The van der Waals surface area contributed by atoms with Gasteiger partial charge in [0, 0.05) is 19.0 Å². The number of Topliss-reactive ketones (excluding diaryl/α,β-unsaturated/α-hetero) is 1. The first-order chi connectivity index (χ1) is 12.2. The highest BCUT2D eigenvalue weighted by Crippen LogP contribution is 2.58. The average molecular weight is 640 g/mol. The molecule has 2 aliphatic rings. The molecule has 0 amide bonds. The third-order valence-electron chi connectivity index (χ3n) is 5.65. The number of rotatable bonds is 5. The quantitative estimate of drug-likeness (QED) is 0.299. The van der Waals surface area contributed by atoms with Gasteiger partial charge in [-0.05, 0) is 81.5 Å². The average Bonchev–Trinajstić information content (AvgIpc) is 2.83. The van der Waals surface area contributed by atoms with Crippen LogP contribution in [0.3, 0.4) is 0 Å². The van der Waals surface area contributed by atoms with Crippen molar-refractivity contribution in [2.45, 2.75) is 31.6 Å². The van der Waals surface area contributed by atoms with Crippen LogP contribution in [0.1, 0.15) is 26.7 Å². The molecule has 150 valence electrons. The summed E-state index contributed by atoms with van der Waals surface area (Å²) in [4.78, 5) is 12.3. The van der Waals surface area contributed by atoms with E-state index in [1.807, 2.05) is 13.8 Å². The molecule has 0 saturated heterocycles. The molecule has 7 nitrogen and oxygen atoms in total. The van der Waals surface area contributed by atoms with Gasteiger partial charge < -0.3 is 4.18 Å². The van der Waals surface area contributed by atoms with Gasteiger partial charge in [0.25, 0.3) is 10.1 Å². The molecule has 1 N–H and O–H groups in total. The summed E-state index contributed by atoms with van der Waals surface area (Å²) in [5.74, 6) is -1.09. The molecule has 1 aromatic rings. The summed E-state index contributed by atoms with van der Waals surface area (Å²) in [6.45, 7) is 4.03. The van der Waals surface area contributed by atoms with Crippen molar-refractivity contribution in [2.24, 2.45) is 23.2 Å². The normalized spacial score (nSPS) is 27.1. The van der Waals surface area contributed by atoms with Gasteiger partial charge in [-0.2, -0.15) is 16.8 Å². The van der Waals surface area contributed by atoms with Gasteiger partial charge in [0.1, 0.15) is 16.4 Å². The van der Waals surface area contributed by atoms with Crippen LogP contribution in [0, 0.1) is 30.3 Å². The second-order valence-corrected chi connectivity index (χ2v) is 12.9. The summed E-state index contributed by atoms with van der Waals surface area (Å²) in [5, 5.41) is 0. The Bertz CT molecular complexity index is 992. The number of carbonyl (C=O) groups excluding carboxylic acids is 1. The van der Waals surface area contributed by atoms with Crippen molar-refractivity contribution in [3.05, 3.63) is 19.3 Å². The fourth-order valence-electron chi connectivity index (χ4n) is 4.46. The zero-order chi connectivity index (χ0) is 20.4. The third-order valence-corrected chi connectivity index (χ3v) is 10.3. The lowest BCUT2D eigenvalue weighted by atomic mass is 9.80. The molecule has 2 bridgehead atoms.